The first-order valence-corrected chi connectivity index (χ1v) is 23.2. The summed E-state index contributed by atoms with van der Waals surface area (Å²) in [6.45, 7) is 0. The highest BCUT2D eigenvalue weighted by molar-refractivity contribution is 6.18. The number of rotatable bonds is 7. The number of benzene rings is 11. The standard InChI is InChI=1S/C64H40N2O2/c1-2-17-48-41(15-1)35-40-54-53-24-13-23-52(64(53)68-63(48)54)51-20-6-9-26-57(51)65(45-38-33-43(34-39-45)47-22-14-30-61-62(47)55-21-7-12-29-60(55)67-61)44-36-31-42(32-37-44)46-16-3-8-25-56(46)66-58-27-10-4-18-49(58)50-19-5-11-28-59(50)66/h1-40H. The molecule has 4 heteroatoms. The van der Waals surface area contributed by atoms with E-state index in [0.717, 1.165) is 111 Å². The Hall–Kier alpha value is -9.12. The van der Waals surface area contributed by atoms with E-state index in [4.69, 9.17) is 8.83 Å². The first-order chi connectivity index (χ1) is 33.7. The summed E-state index contributed by atoms with van der Waals surface area (Å²) < 4.78 is 15.7. The van der Waals surface area contributed by atoms with Crippen LogP contribution in [0.5, 0.6) is 0 Å². The van der Waals surface area contributed by atoms with Gasteiger partial charge in [0.15, 0.2) is 0 Å². The molecule has 318 valence electrons. The molecule has 14 aromatic rings. The van der Waals surface area contributed by atoms with Crippen LogP contribution >= 0.6 is 0 Å². The van der Waals surface area contributed by atoms with Crippen LogP contribution in [0.4, 0.5) is 17.1 Å². The van der Waals surface area contributed by atoms with E-state index in [1.165, 1.54) is 21.8 Å². The molecule has 0 unspecified atom stereocenters. The van der Waals surface area contributed by atoms with Crippen molar-refractivity contribution < 1.29 is 8.83 Å². The Morgan fingerprint density at radius 2 is 0.838 bits per heavy atom. The van der Waals surface area contributed by atoms with Crippen LogP contribution in [-0.4, -0.2) is 4.57 Å². The van der Waals surface area contributed by atoms with Gasteiger partial charge < -0.3 is 18.3 Å². The minimum absolute atomic E-state index is 0.874. The summed E-state index contributed by atoms with van der Waals surface area (Å²) in [5.74, 6) is 0. The van der Waals surface area contributed by atoms with Gasteiger partial charge in [-0.05, 0) is 88.8 Å². The predicted molar refractivity (Wildman–Crippen MR) is 284 cm³/mol. The summed E-state index contributed by atoms with van der Waals surface area (Å²) in [5, 5.41) is 9.22. The lowest BCUT2D eigenvalue weighted by atomic mass is 9.97. The van der Waals surface area contributed by atoms with Gasteiger partial charge in [-0.1, -0.05) is 176 Å². The average molecular weight is 869 g/mol. The molecule has 0 spiro atoms. The molecule has 4 nitrogen and oxygen atoms in total. The van der Waals surface area contributed by atoms with E-state index in [0.29, 0.717) is 0 Å². The van der Waals surface area contributed by atoms with Crippen LogP contribution in [0.25, 0.3) is 116 Å². The number of furan rings is 2. The molecular formula is C64H40N2O2. The number of para-hydroxylation sites is 6. The van der Waals surface area contributed by atoms with Crippen LogP contribution < -0.4 is 4.90 Å². The third-order valence-electron chi connectivity index (χ3n) is 13.8. The summed E-state index contributed by atoms with van der Waals surface area (Å²) >= 11 is 0. The minimum atomic E-state index is 0.874. The molecule has 0 atom stereocenters. The van der Waals surface area contributed by atoms with Crippen LogP contribution in [0.1, 0.15) is 0 Å². The van der Waals surface area contributed by atoms with Crippen LogP contribution in [0, 0.1) is 0 Å². The zero-order valence-electron chi connectivity index (χ0n) is 36.8. The lowest BCUT2D eigenvalue weighted by Gasteiger charge is -2.28. The predicted octanol–water partition coefficient (Wildman–Crippen LogP) is 18.2. The molecule has 0 saturated heterocycles. The quantitative estimate of drug-likeness (QED) is 0.160. The van der Waals surface area contributed by atoms with Crippen LogP contribution in [-0.2, 0) is 0 Å². The summed E-state index contributed by atoms with van der Waals surface area (Å²) in [7, 11) is 0. The van der Waals surface area contributed by atoms with E-state index in [1.807, 2.05) is 12.1 Å². The van der Waals surface area contributed by atoms with Gasteiger partial charge in [0, 0.05) is 65.8 Å². The molecule has 0 aliphatic heterocycles. The number of anilines is 3. The molecule has 0 aliphatic rings. The number of aromatic nitrogens is 1. The normalized spacial score (nSPS) is 11.8. The average Bonchev–Trinajstić information content (AvgIpc) is 4.10. The lowest BCUT2D eigenvalue weighted by molar-refractivity contribution is 0.669. The second-order valence-electron chi connectivity index (χ2n) is 17.6. The number of nitrogens with zero attached hydrogens (tertiary/aromatic N) is 2. The van der Waals surface area contributed by atoms with Gasteiger partial charge in [0.1, 0.15) is 22.3 Å². The fourth-order valence-electron chi connectivity index (χ4n) is 10.8. The fraction of sp³-hybridized carbons (Fsp3) is 0. The Kier molecular flexibility index (Phi) is 8.55. The van der Waals surface area contributed by atoms with Gasteiger partial charge in [-0.15, -0.1) is 0 Å². The Morgan fingerprint density at radius 1 is 0.309 bits per heavy atom. The highest BCUT2D eigenvalue weighted by atomic mass is 16.3. The molecule has 3 aromatic heterocycles. The highest BCUT2D eigenvalue weighted by Gasteiger charge is 2.22. The van der Waals surface area contributed by atoms with E-state index in [9.17, 15) is 0 Å². The van der Waals surface area contributed by atoms with Crippen molar-refractivity contribution in [1.29, 1.82) is 0 Å². The fourth-order valence-corrected chi connectivity index (χ4v) is 10.8. The Morgan fingerprint density at radius 3 is 1.60 bits per heavy atom. The maximum Gasteiger partial charge on any atom is 0.143 e. The number of fused-ring (bicyclic) bond motifs is 11. The maximum absolute atomic E-state index is 6.95. The van der Waals surface area contributed by atoms with Crippen molar-refractivity contribution in [1.82, 2.24) is 4.57 Å². The molecular weight excluding hydrogens is 829 g/mol. The lowest BCUT2D eigenvalue weighted by Crippen LogP contribution is -2.11. The second kappa shape index (κ2) is 15.2. The maximum atomic E-state index is 6.95. The van der Waals surface area contributed by atoms with Crippen molar-refractivity contribution in [3.05, 3.63) is 243 Å². The molecule has 0 N–H and O–H groups in total. The van der Waals surface area contributed by atoms with Gasteiger partial charge in [0.25, 0.3) is 0 Å². The van der Waals surface area contributed by atoms with Gasteiger partial charge in [-0.25, -0.2) is 0 Å². The molecule has 0 amide bonds. The van der Waals surface area contributed by atoms with Gasteiger partial charge >= 0.3 is 0 Å². The van der Waals surface area contributed by atoms with Crippen molar-refractivity contribution >= 4 is 93.5 Å². The summed E-state index contributed by atoms with van der Waals surface area (Å²) in [4.78, 5) is 2.38. The molecule has 0 aliphatic carbocycles. The van der Waals surface area contributed by atoms with E-state index in [1.54, 1.807) is 0 Å². The summed E-state index contributed by atoms with van der Waals surface area (Å²) in [5.41, 5.74) is 16.9. The molecule has 3 heterocycles. The zero-order valence-corrected chi connectivity index (χ0v) is 36.8. The minimum Gasteiger partial charge on any atom is -0.456 e. The largest absolute Gasteiger partial charge is 0.456 e. The van der Waals surface area contributed by atoms with Crippen molar-refractivity contribution in [2.24, 2.45) is 0 Å². The van der Waals surface area contributed by atoms with Gasteiger partial charge in [-0.3, -0.25) is 0 Å². The van der Waals surface area contributed by atoms with Gasteiger partial charge in [-0.2, -0.15) is 0 Å². The van der Waals surface area contributed by atoms with Crippen molar-refractivity contribution in [2.45, 2.75) is 0 Å². The Labute approximate surface area is 391 Å². The SMILES string of the molecule is c1ccc(N(c2ccc(-c3ccccc3-n3c4ccccc4c4ccccc43)cc2)c2ccc(-c3cccc4oc5ccccc5c34)cc2)c(-c2cccc3c2oc2c4ccccc4ccc32)c1. The van der Waals surface area contributed by atoms with Crippen molar-refractivity contribution in [2.75, 3.05) is 4.90 Å². The van der Waals surface area contributed by atoms with E-state index in [2.05, 4.69) is 240 Å². The molecule has 14 rings (SSSR count). The van der Waals surface area contributed by atoms with Gasteiger partial charge in [0.05, 0.1) is 22.4 Å². The number of hydrogen-bond donors (Lipinski definition) is 0. The Balaban J connectivity index is 0.939. The molecule has 11 aromatic carbocycles. The summed E-state index contributed by atoms with van der Waals surface area (Å²) in [6, 6.07) is 86.9. The summed E-state index contributed by atoms with van der Waals surface area (Å²) in [6.07, 6.45) is 0. The van der Waals surface area contributed by atoms with Crippen molar-refractivity contribution in [3.63, 3.8) is 0 Å². The van der Waals surface area contributed by atoms with E-state index in [-0.39, 0.29) is 0 Å². The topological polar surface area (TPSA) is 34.5 Å². The highest BCUT2D eigenvalue weighted by Crippen LogP contribution is 2.47. The molecule has 0 bridgehead atoms. The first kappa shape index (κ1) is 38.2. The molecule has 0 radical (unpaired) electrons. The first-order valence-electron chi connectivity index (χ1n) is 23.2. The van der Waals surface area contributed by atoms with Crippen LogP contribution in [0.15, 0.2) is 251 Å². The Bertz CT molecular complexity index is 4210. The van der Waals surface area contributed by atoms with E-state index >= 15 is 0 Å². The third kappa shape index (κ3) is 5.87. The molecule has 0 saturated carbocycles. The number of hydrogen-bond acceptors (Lipinski definition) is 3. The van der Waals surface area contributed by atoms with Crippen LogP contribution in [0.3, 0.4) is 0 Å². The smallest absolute Gasteiger partial charge is 0.143 e. The monoisotopic (exact) mass is 868 g/mol. The van der Waals surface area contributed by atoms with Crippen LogP contribution in [0.2, 0.25) is 0 Å². The van der Waals surface area contributed by atoms with E-state index < -0.39 is 0 Å². The van der Waals surface area contributed by atoms with Gasteiger partial charge in [0.2, 0.25) is 0 Å². The zero-order chi connectivity index (χ0) is 44.7. The van der Waals surface area contributed by atoms with Crippen molar-refractivity contribution in [3.8, 4) is 39.1 Å². The molecule has 0 fully saturated rings. The second-order valence-corrected chi connectivity index (χ2v) is 17.6. The molecule has 68 heavy (non-hydrogen) atoms. The third-order valence-corrected chi connectivity index (χ3v) is 13.8.